The van der Waals surface area contributed by atoms with Crippen LogP contribution < -0.4 is 5.73 Å². The van der Waals surface area contributed by atoms with Gasteiger partial charge in [0.25, 0.3) is 10.1 Å². The van der Waals surface area contributed by atoms with Gasteiger partial charge in [0, 0.05) is 0 Å². The number of methoxy groups -OCH3 is 1. The van der Waals surface area contributed by atoms with Gasteiger partial charge >= 0.3 is 5.97 Å². The number of benzene rings is 1. The normalized spacial score (nSPS) is 25.8. The predicted octanol–water partition coefficient (Wildman–Crippen LogP) is 2.32. The van der Waals surface area contributed by atoms with Crippen molar-refractivity contribution in [1.29, 1.82) is 0 Å². The molecule has 10 heteroatoms. The molecule has 0 bridgehead atoms. The van der Waals surface area contributed by atoms with Crippen LogP contribution in [0.2, 0.25) is 18.1 Å². The second-order valence-electron chi connectivity index (χ2n) is 8.73. The number of rotatable bonds is 6. The maximum absolute atomic E-state index is 12.8. The standard InChI is InChI=1S/C19H31NO7SSi/c1-12-8-10-13(11-9-12)28(22,23)26-16-14(20)15(17(21)24-5)25-18(16)27-29(6,7)19(2,3)4/h8-11,14-16,18H,20H2,1-7H3/t14-,15-,16+,18+/m0/s1. The van der Waals surface area contributed by atoms with Gasteiger partial charge in [0.15, 0.2) is 20.7 Å². The molecule has 29 heavy (non-hydrogen) atoms. The first kappa shape index (κ1) is 24.0. The molecule has 1 aliphatic rings. The van der Waals surface area contributed by atoms with E-state index in [-0.39, 0.29) is 9.93 Å². The summed E-state index contributed by atoms with van der Waals surface area (Å²) in [6, 6.07) is 5.17. The number of nitrogens with two attached hydrogens (primary N) is 1. The van der Waals surface area contributed by atoms with Crippen LogP contribution in [0, 0.1) is 6.92 Å². The van der Waals surface area contributed by atoms with Crippen LogP contribution in [0.1, 0.15) is 26.3 Å². The van der Waals surface area contributed by atoms with Crippen molar-refractivity contribution in [3.8, 4) is 0 Å². The van der Waals surface area contributed by atoms with E-state index in [0.717, 1.165) is 5.56 Å². The van der Waals surface area contributed by atoms with Gasteiger partial charge in [-0.25, -0.2) is 4.79 Å². The van der Waals surface area contributed by atoms with Crippen molar-refractivity contribution in [2.24, 2.45) is 5.73 Å². The van der Waals surface area contributed by atoms with Gasteiger partial charge in [0.1, 0.15) is 6.10 Å². The monoisotopic (exact) mass is 445 g/mol. The van der Waals surface area contributed by atoms with E-state index >= 15 is 0 Å². The lowest BCUT2D eigenvalue weighted by atomic mass is 10.1. The van der Waals surface area contributed by atoms with Gasteiger partial charge in [-0.3, -0.25) is 4.18 Å². The Balaban J connectivity index is 2.35. The number of ether oxygens (including phenoxy) is 2. The van der Waals surface area contributed by atoms with Crippen LogP contribution in [0.25, 0.3) is 0 Å². The summed E-state index contributed by atoms with van der Waals surface area (Å²) in [6.45, 7) is 11.9. The van der Waals surface area contributed by atoms with Crippen LogP contribution in [-0.2, 0) is 33.0 Å². The van der Waals surface area contributed by atoms with Crippen LogP contribution in [0.15, 0.2) is 29.2 Å². The Morgan fingerprint density at radius 1 is 1.17 bits per heavy atom. The molecule has 0 radical (unpaired) electrons. The number of hydrogen-bond donors (Lipinski definition) is 1. The Kier molecular flexibility index (Phi) is 6.98. The molecule has 1 aliphatic heterocycles. The third kappa shape index (κ3) is 5.25. The van der Waals surface area contributed by atoms with E-state index in [9.17, 15) is 13.2 Å². The molecule has 1 aromatic rings. The van der Waals surface area contributed by atoms with Crippen LogP contribution in [0.4, 0.5) is 0 Å². The molecular formula is C19H31NO7SSi. The Hall–Kier alpha value is -1.30. The summed E-state index contributed by atoms with van der Waals surface area (Å²) in [5, 5.41) is -0.176. The highest BCUT2D eigenvalue weighted by Crippen LogP contribution is 2.40. The summed E-state index contributed by atoms with van der Waals surface area (Å²) in [6.07, 6.45) is -3.50. The molecule has 2 N–H and O–H groups in total. The number of esters is 1. The van der Waals surface area contributed by atoms with Crippen molar-refractivity contribution in [2.75, 3.05) is 7.11 Å². The Bertz CT molecular complexity index is 833. The highest BCUT2D eigenvalue weighted by molar-refractivity contribution is 7.86. The second kappa shape index (κ2) is 8.44. The largest absolute Gasteiger partial charge is 0.467 e. The average molecular weight is 446 g/mol. The average Bonchev–Trinajstić information content (AvgIpc) is 2.89. The molecule has 4 atom stereocenters. The Morgan fingerprint density at radius 2 is 1.72 bits per heavy atom. The lowest BCUT2D eigenvalue weighted by Gasteiger charge is -2.39. The number of carbonyl (C=O) groups is 1. The quantitative estimate of drug-likeness (QED) is 0.403. The van der Waals surface area contributed by atoms with Crippen LogP contribution in [0.3, 0.4) is 0 Å². The fraction of sp³-hybridized carbons (Fsp3) is 0.632. The number of aryl methyl sites for hydroxylation is 1. The maximum Gasteiger partial charge on any atom is 0.336 e. The zero-order chi connectivity index (χ0) is 22.2. The van der Waals surface area contributed by atoms with Gasteiger partial charge in [-0.15, -0.1) is 0 Å². The maximum atomic E-state index is 12.8. The molecule has 1 saturated heterocycles. The second-order valence-corrected chi connectivity index (χ2v) is 15.1. The SMILES string of the molecule is COC(=O)[C@H]1O[C@H](O[Si](C)(C)C(C)(C)C)[C@H](OS(=O)(=O)c2ccc(C)cc2)[C@H]1N. The lowest BCUT2D eigenvalue weighted by Crippen LogP contribution is -2.50. The lowest BCUT2D eigenvalue weighted by molar-refractivity contribution is -0.164. The third-order valence-corrected chi connectivity index (χ3v) is 11.2. The highest BCUT2D eigenvalue weighted by atomic mass is 32.2. The van der Waals surface area contributed by atoms with Crippen molar-refractivity contribution >= 4 is 24.4 Å². The van der Waals surface area contributed by atoms with Crippen LogP contribution in [-0.4, -0.2) is 54.4 Å². The van der Waals surface area contributed by atoms with Gasteiger partial charge in [-0.05, 0) is 37.2 Å². The summed E-state index contributed by atoms with van der Waals surface area (Å²) in [7, 11) is -5.33. The van der Waals surface area contributed by atoms with E-state index in [1.165, 1.54) is 19.2 Å². The van der Waals surface area contributed by atoms with E-state index in [1.54, 1.807) is 12.1 Å². The van der Waals surface area contributed by atoms with Crippen molar-refractivity contribution < 1.29 is 31.3 Å². The van der Waals surface area contributed by atoms with Crippen molar-refractivity contribution in [3.63, 3.8) is 0 Å². The topological polar surface area (TPSA) is 114 Å². The fourth-order valence-corrected chi connectivity index (χ4v) is 4.79. The van der Waals surface area contributed by atoms with Gasteiger partial charge < -0.3 is 19.6 Å². The predicted molar refractivity (Wildman–Crippen MR) is 110 cm³/mol. The molecule has 0 aliphatic carbocycles. The van der Waals surface area contributed by atoms with E-state index in [1.807, 2.05) is 40.8 Å². The summed E-state index contributed by atoms with van der Waals surface area (Å²) in [5.74, 6) is -0.708. The first-order valence-electron chi connectivity index (χ1n) is 9.36. The zero-order valence-electron chi connectivity index (χ0n) is 18.0. The number of carbonyl (C=O) groups excluding carboxylic acids is 1. The molecule has 1 heterocycles. The molecule has 0 amide bonds. The van der Waals surface area contributed by atoms with E-state index < -0.39 is 48.9 Å². The first-order valence-corrected chi connectivity index (χ1v) is 13.7. The molecule has 0 spiro atoms. The Morgan fingerprint density at radius 3 is 2.21 bits per heavy atom. The zero-order valence-corrected chi connectivity index (χ0v) is 19.8. The summed E-state index contributed by atoms with van der Waals surface area (Å²) >= 11 is 0. The van der Waals surface area contributed by atoms with Crippen molar-refractivity contribution in [2.45, 2.75) is 75.3 Å². The van der Waals surface area contributed by atoms with Crippen molar-refractivity contribution in [3.05, 3.63) is 29.8 Å². The van der Waals surface area contributed by atoms with Gasteiger partial charge in [-0.1, -0.05) is 38.5 Å². The molecule has 164 valence electrons. The van der Waals surface area contributed by atoms with E-state index in [2.05, 4.69) is 0 Å². The molecule has 0 unspecified atom stereocenters. The Labute approximate surface area is 173 Å². The molecular weight excluding hydrogens is 414 g/mol. The highest BCUT2D eigenvalue weighted by Gasteiger charge is 2.53. The fourth-order valence-electron chi connectivity index (χ4n) is 2.57. The molecule has 1 fully saturated rings. The molecule has 2 rings (SSSR count). The third-order valence-electron chi connectivity index (χ3n) is 5.48. The van der Waals surface area contributed by atoms with Gasteiger partial charge in [-0.2, -0.15) is 8.42 Å². The van der Waals surface area contributed by atoms with Gasteiger partial charge in [0.05, 0.1) is 18.0 Å². The summed E-state index contributed by atoms with van der Waals surface area (Å²) in [4.78, 5) is 12.1. The summed E-state index contributed by atoms with van der Waals surface area (Å²) < 4.78 is 47.7. The number of hydrogen-bond acceptors (Lipinski definition) is 8. The minimum Gasteiger partial charge on any atom is -0.467 e. The van der Waals surface area contributed by atoms with E-state index in [0.29, 0.717) is 0 Å². The van der Waals surface area contributed by atoms with Crippen molar-refractivity contribution in [1.82, 2.24) is 0 Å². The minimum atomic E-state index is -4.15. The molecule has 8 nitrogen and oxygen atoms in total. The van der Waals surface area contributed by atoms with Gasteiger partial charge in [0.2, 0.25) is 0 Å². The molecule has 0 aromatic heterocycles. The van der Waals surface area contributed by atoms with E-state index in [4.69, 9.17) is 23.8 Å². The van der Waals surface area contributed by atoms with Crippen LogP contribution >= 0.6 is 0 Å². The smallest absolute Gasteiger partial charge is 0.336 e. The minimum absolute atomic E-state index is 0.0112. The van der Waals surface area contributed by atoms with Crippen LogP contribution in [0.5, 0.6) is 0 Å². The molecule has 0 saturated carbocycles. The summed E-state index contributed by atoms with van der Waals surface area (Å²) in [5.41, 5.74) is 7.06. The molecule has 1 aromatic carbocycles. The first-order chi connectivity index (χ1) is 13.2.